The van der Waals surface area contributed by atoms with Crippen LogP contribution in [0.1, 0.15) is 19.4 Å². The minimum absolute atomic E-state index is 0.0957. The monoisotopic (exact) mass is 384 g/mol. The molecule has 0 aromatic heterocycles. The first-order valence-corrected chi connectivity index (χ1v) is 7.97. The molecule has 0 bridgehead atoms. The molecule has 0 saturated carbocycles. The summed E-state index contributed by atoms with van der Waals surface area (Å²) in [4.78, 5) is 22.2. The molecule has 2 atom stereocenters. The lowest BCUT2D eigenvalue weighted by atomic mass is 10.0. The summed E-state index contributed by atoms with van der Waals surface area (Å²) in [5.74, 6) is -1.14. The Morgan fingerprint density at radius 3 is 2.35 bits per heavy atom. The van der Waals surface area contributed by atoms with Gasteiger partial charge in [0.15, 0.2) is 0 Å². The smallest absolute Gasteiger partial charge is 0.303 e. The molecule has 1 aromatic rings. The van der Waals surface area contributed by atoms with Crippen molar-refractivity contribution >= 4 is 27.9 Å². The van der Waals surface area contributed by atoms with Gasteiger partial charge in [0, 0.05) is 18.3 Å². The van der Waals surface area contributed by atoms with Gasteiger partial charge in [0.25, 0.3) is 0 Å². The summed E-state index contributed by atoms with van der Waals surface area (Å²) >= 11 is 3.37. The number of hydrogen-bond acceptors (Lipinski definition) is 5. The molecule has 0 aliphatic carbocycles. The third-order valence-corrected chi connectivity index (χ3v) is 3.57. The van der Waals surface area contributed by atoms with E-state index in [9.17, 15) is 9.59 Å². The summed E-state index contributed by atoms with van der Waals surface area (Å²) in [5, 5.41) is 0. The number of ether oxygens (including phenoxy) is 3. The highest BCUT2D eigenvalue weighted by molar-refractivity contribution is 9.10. The van der Waals surface area contributed by atoms with Crippen molar-refractivity contribution in [3.63, 3.8) is 0 Å². The lowest BCUT2D eigenvalue weighted by molar-refractivity contribution is -0.155. The molecule has 23 heavy (non-hydrogen) atoms. The second-order valence-corrected chi connectivity index (χ2v) is 5.91. The molecule has 0 aliphatic heterocycles. The van der Waals surface area contributed by atoms with Gasteiger partial charge in [-0.15, -0.1) is 6.58 Å². The summed E-state index contributed by atoms with van der Waals surface area (Å²) in [6.07, 6.45) is 1.04. The maximum absolute atomic E-state index is 11.3. The Labute approximate surface area is 144 Å². The average molecular weight is 385 g/mol. The van der Waals surface area contributed by atoms with Gasteiger partial charge in [-0.2, -0.15) is 0 Å². The van der Waals surface area contributed by atoms with Crippen molar-refractivity contribution in [2.24, 2.45) is 5.92 Å². The molecule has 126 valence electrons. The second kappa shape index (κ2) is 10.2. The van der Waals surface area contributed by atoms with Crippen LogP contribution in [0.3, 0.4) is 0 Å². The quantitative estimate of drug-likeness (QED) is 0.482. The molecule has 0 unspecified atom stereocenters. The molecule has 1 rings (SSSR count). The van der Waals surface area contributed by atoms with Crippen molar-refractivity contribution in [3.8, 4) is 0 Å². The van der Waals surface area contributed by atoms with E-state index in [1.165, 1.54) is 13.8 Å². The van der Waals surface area contributed by atoms with E-state index in [0.29, 0.717) is 6.61 Å². The third-order valence-electron chi connectivity index (χ3n) is 3.04. The molecule has 0 aliphatic rings. The summed E-state index contributed by atoms with van der Waals surface area (Å²) in [7, 11) is 0. The lowest BCUT2D eigenvalue weighted by Gasteiger charge is -2.23. The fourth-order valence-electron chi connectivity index (χ4n) is 1.87. The van der Waals surface area contributed by atoms with Crippen molar-refractivity contribution in [1.29, 1.82) is 0 Å². The molecule has 6 heteroatoms. The first-order valence-electron chi connectivity index (χ1n) is 7.17. The van der Waals surface area contributed by atoms with Crippen LogP contribution in [0.5, 0.6) is 0 Å². The normalized spacial score (nSPS) is 13.0. The van der Waals surface area contributed by atoms with E-state index in [-0.39, 0.29) is 19.1 Å². The van der Waals surface area contributed by atoms with Gasteiger partial charge in [0.2, 0.25) is 0 Å². The van der Waals surface area contributed by atoms with Crippen LogP contribution in [0.25, 0.3) is 0 Å². The molecular weight excluding hydrogens is 364 g/mol. The SMILES string of the molecule is C=C[C@H](COC(C)=O)[C@@H](COCc1ccc(Br)cc1)OC(C)=O. The fourth-order valence-corrected chi connectivity index (χ4v) is 2.14. The van der Waals surface area contributed by atoms with Crippen LogP contribution in [0.2, 0.25) is 0 Å². The van der Waals surface area contributed by atoms with Crippen molar-refractivity contribution in [2.45, 2.75) is 26.6 Å². The number of hydrogen-bond donors (Lipinski definition) is 0. The van der Waals surface area contributed by atoms with Crippen molar-refractivity contribution in [1.82, 2.24) is 0 Å². The Kier molecular flexibility index (Phi) is 8.58. The number of carbonyl (C=O) groups excluding carboxylic acids is 2. The Morgan fingerprint density at radius 1 is 1.17 bits per heavy atom. The van der Waals surface area contributed by atoms with E-state index in [1.807, 2.05) is 24.3 Å². The van der Waals surface area contributed by atoms with E-state index in [1.54, 1.807) is 6.08 Å². The van der Waals surface area contributed by atoms with Gasteiger partial charge in [-0.1, -0.05) is 34.1 Å². The van der Waals surface area contributed by atoms with Crippen LogP contribution in [-0.4, -0.2) is 31.3 Å². The average Bonchev–Trinajstić information content (AvgIpc) is 2.48. The minimum atomic E-state index is -0.556. The number of esters is 2. The van der Waals surface area contributed by atoms with Crippen LogP contribution in [0.15, 0.2) is 41.4 Å². The van der Waals surface area contributed by atoms with Crippen molar-refractivity contribution in [3.05, 3.63) is 47.0 Å². The second-order valence-electron chi connectivity index (χ2n) is 4.99. The molecule has 0 spiro atoms. The summed E-state index contributed by atoms with van der Waals surface area (Å²) in [6, 6.07) is 7.73. The van der Waals surface area contributed by atoms with Gasteiger partial charge in [0.1, 0.15) is 12.7 Å². The standard InChI is InChI=1S/C17H21BrO5/c1-4-15(10-22-12(2)19)17(23-13(3)20)11-21-9-14-5-7-16(18)8-6-14/h4-8,15,17H,1,9-11H2,2-3H3/t15-,17-/m1/s1. The van der Waals surface area contributed by atoms with Gasteiger partial charge in [-0.05, 0) is 17.7 Å². The number of carbonyl (C=O) groups is 2. The molecule has 0 amide bonds. The Balaban J connectivity index is 2.58. The Hall–Kier alpha value is -1.66. The van der Waals surface area contributed by atoms with Crippen molar-refractivity contribution in [2.75, 3.05) is 13.2 Å². The van der Waals surface area contributed by atoms with E-state index < -0.39 is 18.0 Å². The van der Waals surface area contributed by atoms with Gasteiger partial charge in [-0.3, -0.25) is 9.59 Å². The predicted octanol–water partition coefficient (Wildman–Crippen LogP) is 3.26. The lowest BCUT2D eigenvalue weighted by Crippen LogP contribution is -2.33. The van der Waals surface area contributed by atoms with Crippen LogP contribution in [0.4, 0.5) is 0 Å². The Bertz CT molecular complexity index is 526. The maximum atomic E-state index is 11.3. The molecule has 0 saturated heterocycles. The number of benzene rings is 1. The highest BCUT2D eigenvalue weighted by Gasteiger charge is 2.23. The van der Waals surface area contributed by atoms with Gasteiger partial charge >= 0.3 is 11.9 Å². The van der Waals surface area contributed by atoms with Gasteiger partial charge in [-0.25, -0.2) is 0 Å². The van der Waals surface area contributed by atoms with Crippen LogP contribution < -0.4 is 0 Å². The highest BCUT2D eigenvalue weighted by atomic mass is 79.9. The van der Waals surface area contributed by atoms with E-state index in [0.717, 1.165) is 10.0 Å². The van der Waals surface area contributed by atoms with Crippen LogP contribution >= 0.6 is 15.9 Å². The Morgan fingerprint density at radius 2 is 1.83 bits per heavy atom. The zero-order chi connectivity index (χ0) is 17.2. The molecule has 0 radical (unpaired) electrons. The van der Waals surface area contributed by atoms with E-state index in [4.69, 9.17) is 14.2 Å². The van der Waals surface area contributed by atoms with Crippen LogP contribution in [0, 0.1) is 5.92 Å². The minimum Gasteiger partial charge on any atom is -0.465 e. The molecule has 0 heterocycles. The predicted molar refractivity (Wildman–Crippen MR) is 89.7 cm³/mol. The first-order chi connectivity index (χ1) is 10.9. The number of rotatable bonds is 9. The van der Waals surface area contributed by atoms with Gasteiger partial charge < -0.3 is 14.2 Å². The molecule has 0 N–H and O–H groups in total. The molecular formula is C17H21BrO5. The third kappa shape index (κ3) is 7.95. The maximum Gasteiger partial charge on any atom is 0.303 e. The summed E-state index contributed by atoms with van der Waals surface area (Å²) in [6.45, 7) is 7.03. The zero-order valence-corrected chi connectivity index (χ0v) is 14.9. The largest absolute Gasteiger partial charge is 0.465 e. The topological polar surface area (TPSA) is 61.8 Å². The van der Waals surface area contributed by atoms with E-state index in [2.05, 4.69) is 22.5 Å². The zero-order valence-electron chi connectivity index (χ0n) is 13.3. The first kappa shape index (κ1) is 19.4. The van der Waals surface area contributed by atoms with Crippen LogP contribution in [-0.2, 0) is 30.4 Å². The highest BCUT2D eigenvalue weighted by Crippen LogP contribution is 2.14. The van der Waals surface area contributed by atoms with E-state index >= 15 is 0 Å². The van der Waals surface area contributed by atoms with Gasteiger partial charge in [0.05, 0.1) is 19.1 Å². The summed E-state index contributed by atoms with van der Waals surface area (Å²) < 4.78 is 16.9. The molecule has 1 aromatic carbocycles. The number of halogens is 1. The molecule has 0 fully saturated rings. The molecule has 5 nitrogen and oxygen atoms in total. The summed E-state index contributed by atoms with van der Waals surface area (Å²) in [5.41, 5.74) is 1.00. The van der Waals surface area contributed by atoms with Crippen molar-refractivity contribution < 1.29 is 23.8 Å². The fraction of sp³-hybridized carbons (Fsp3) is 0.412.